The first-order valence-electron chi connectivity index (χ1n) is 48.8. The molecule has 16 amide bonds. The summed E-state index contributed by atoms with van der Waals surface area (Å²) in [7, 11) is 0. The highest BCUT2D eigenvalue weighted by atomic mass is 16.5. The fraction of sp³-hybridized carbons (Fsp3) is 0.624. The highest BCUT2D eigenvalue weighted by Gasteiger charge is 2.44. The maximum atomic E-state index is 15.3. The molecule has 3 aromatic heterocycles. The van der Waals surface area contributed by atoms with Crippen molar-refractivity contribution in [1.82, 2.24) is 119 Å². The minimum absolute atomic E-state index is 0.00574. The smallest absolute Gasteiger partial charge is 0.246 e. The van der Waals surface area contributed by atoms with Crippen LogP contribution in [0.1, 0.15) is 203 Å². The molecule has 5 aromatic rings. The van der Waals surface area contributed by atoms with E-state index in [1.54, 1.807) is 47.5 Å². The average Bonchev–Trinajstić information content (AvgIpc) is 1.65. The molecule has 140 heavy (non-hydrogen) atoms. The number of fused-ring (bicyclic) bond motifs is 2. The molecule has 8 rings (SSSR count). The van der Waals surface area contributed by atoms with Crippen LogP contribution in [0.25, 0.3) is 10.9 Å². The van der Waals surface area contributed by atoms with Gasteiger partial charge in [0.25, 0.3) is 0 Å². The first kappa shape index (κ1) is 112. The number of benzene rings is 2. The number of piperazine rings is 1. The van der Waals surface area contributed by atoms with Gasteiger partial charge < -0.3 is 126 Å². The van der Waals surface area contributed by atoms with Gasteiger partial charge in [-0.3, -0.25) is 87.0 Å². The zero-order valence-corrected chi connectivity index (χ0v) is 79.9. The van der Waals surface area contributed by atoms with E-state index >= 15 is 4.79 Å². The van der Waals surface area contributed by atoms with Crippen molar-refractivity contribution in [3.8, 4) is 0 Å². The van der Waals surface area contributed by atoms with Gasteiger partial charge in [0.05, 0.1) is 57.6 Å². The molecule has 2 aromatic carbocycles. The Kier molecular flexibility index (Phi) is 49.7. The van der Waals surface area contributed by atoms with Crippen molar-refractivity contribution in [2.45, 2.75) is 272 Å². The van der Waals surface area contributed by atoms with E-state index in [2.05, 4.69) is 105 Å². The van der Waals surface area contributed by atoms with Crippen LogP contribution in [0, 0.1) is 5.41 Å². The molecule has 0 spiro atoms. The van der Waals surface area contributed by atoms with Crippen molar-refractivity contribution in [3.63, 3.8) is 0 Å². The number of nitrogens with two attached hydrogens (primary N) is 3. The number of para-hydroxylation sites is 1. The van der Waals surface area contributed by atoms with Gasteiger partial charge in [-0.2, -0.15) is 0 Å². The lowest BCUT2D eigenvalue weighted by molar-refractivity contribution is -0.143. The number of guanidine groups is 1. The van der Waals surface area contributed by atoms with Gasteiger partial charge in [0.15, 0.2) is 5.96 Å². The number of imidazole rings is 1. The van der Waals surface area contributed by atoms with Crippen molar-refractivity contribution >= 4 is 111 Å². The number of aromatic amines is 3. The summed E-state index contributed by atoms with van der Waals surface area (Å²) in [5.41, 5.74) is 19.2. The van der Waals surface area contributed by atoms with E-state index in [0.29, 0.717) is 42.6 Å². The van der Waals surface area contributed by atoms with Gasteiger partial charge in [-0.1, -0.05) is 139 Å². The predicted octanol–water partition coefficient (Wildman–Crippen LogP) is -2.85. The summed E-state index contributed by atoms with van der Waals surface area (Å²) in [6.07, 6.45) is 18.5. The molecular weight excluding hydrogens is 1820 g/mol. The number of aliphatic hydroxyl groups excluding tert-OH is 2. The summed E-state index contributed by atoms with van der Waals surface area (Å²) >= 11 is 0. The second-order valence-electron chi connectivity index (χ2n) is 35.5. The molecule has 25 N–H and O–H groups in total. The van der Waals surface area contributed by atoms with E-state index in [9.17, 15) is 82.1 Å². The second-order valence-corrected chi connectivity index (χ2v) is 35.5. The summed E-state index contributed by atoms with van der Waals surface area (Å²) < 4.78 is 10.9. The number of hydrogen-bond donors (Lipinski definition) is 22. The number of H-pyrrole nitrogens is 3. The quantitative estimate of drug-likeness (QED) is 0.0106. The van der Waals surface area contributed by atoms with Crippen molar-refractivity contribution in [3.05, 3.63) is 96.0 Å². The summed E-state index contributed by atoms with van der Waals surface area (Å²) in [4.78, 5) is 238. The van der Waals surface area contributed by atoms with Crippen LogP contribution in [0.2, 0.25) is 0 Å². The van der Waals surface area contributed by atoms with Crippen LogP contribution in [-0.2, 0) is 112 Å². The van der Waals surface area contributed by atoms with Crippen LogP contribution in [0.3, 0.4) is 0 Å². The Hall–Kier alpha value is -13.2. The molecule has 6 heterocycles. The summed E-state index contributed by atoms with van der Waals surface area (Å²) in [6.45, 7) is -0.129. The van der Waals surface area contributed by atoms with E-state index in [0.717, 1.165) is 60.2 Å². The van der Waals surface area contributed by atoms with Crippen LogP contribution in [0.15, 0.2) is 73.3 Å². The van der Waals surface area contributed by atoms with Crippen LogP contribution in [0.4, 0.5) is 0 Å². The third kappa shape index (κ3) is 41.1. The molecule has 0 radical (unpaired) electrons. The number of hydrogen-bond acceptors (Lipinski definition) is 26. The Labute approximate surface area is 813 Å². The minimum atomic E-state index is -1.69. The Bertz CT molecular complexity index is 4770. The molecule has 3 aliphatic heterocycles. The van der Waals surface area contributed by atoms with Crippen molar-refractivity contribution in [2.24, 2.45) is 17.2 Å². The van der Waals surface area contributed by atoms with Crippen molar-refractivity contribution in [1.29, 1.82) is 5.41 Å². The third-order valence-corrected chi connectivity index (χ3v) is 24.4. The number of aromatic nitrogens is 7. The first-order valence-corrected chi connectivity index (χ1v) is 48.8. The number of aliphatic hydroxyl groups is 2. The number of aryl methyl sites for hydroxylation is 1. The lowest BCUT2D eigenvalue weighted by Gasteiger charge is -2.36. The van der Waals surface area contributed by atoms with Crippen LogP contribution in [-0.4, -0.2) is 326 Å². The zero-order valence-electron chi connectivity index (χ0n) is 79.9. The number of unbranched alkanes of at least 4 members (excludes halogenated alkanes) is 13. The monoisotopic (exact) mass is 1960 g/mol. The van der Waals surface area contributed by atoms with Gasteiger partial charge in [-0.15, -0.1) is 5.10 Å². The number of ether oxygens (including phenoxy) is 2. The summed E-state index contributed by atoms with van der Waals surface area (Å²) in [5, 5.41) is 78.6. The number of primary amides is 2. The van der Waals surface area contributed by atoms with Gasteiger partial charge >= 0.3 is 0 Å². The van der Waals surface area contributed by atoms with E-state index in [-0.39, 0.29) is 148 Å². The number of tetrazole rings is 1. The average molecular weight is 1960 g/mol. The molecular formula is C93H143N27O20. The SMILES string of the molecule is CCCC[C@H](NC(=O)CN1CCN(C(=O)[C@H](Cc2c[nH]cn2)NC(=O)[C@H](CCC(N)=O)NC(=O)[C@H](CO)NC(=O)CNC(=O)COCCOCCNC(=O)CCCCCCCCCCCCCCCc2nnn[nH]2)CC1)C(=O)N[C@H]1CCC(=O)NCCCC[C@@H](C(N)=O)NC(=O)[C@H](Cc2c[nH]c3ccccc23)NC(=O)[C@H](CCCNC(=N)N)NC(=O)[C@@H](Cc2ccccc2)NC(=O)[C@@H]2C[C@@H](O)CN2C1=O. The molecule has 770 valence electrons. The zero-order chi connectivity index (χ0) is 101. The molecule has 0 unspecified atom stereocenters. The molecule has 3 saturated heterocycles. The number of amides is 16. The molecule has 3 fully saturated rings. The molecule has 11 atom stereocenters. The van der Waals surface area contributed by atoms with E-state index in [1.807, 2.05) is 25.1 Å². The minimum Gasteiger partial charge on any atom is -0.394 e. The van der Waals surface area contributed by atoms with Crippen LogP contribution < -0.4 is 86.3 Å². The van der Waals surface area contributed by atoms with Gasteiger partial charge in [0.1, 0.15) is 72.8 Å². The lowest BCUT2D eigenvalue weighted by atomic mass is 10.0. The van der Waals surface area contributed by atoms with Crippen molar-refractivity contribution in [2.75, 3.05) is 98.5 Å². The molecule has 0 saturated carbocycles. The normalized spacial score (nSPS) is 19.2. The third-order valence-electron chi connectivity index (χ3n) is 24.4. The Balaban J connectivity index is 0.824. The van der Waals surface area contributed by atoms with Gasteiger partial charge in [-0.25, -0.2) is 10.1 Å². The lowest BCUT2D eigenvalue weighted by Crippen LogP contribution is -2.60. The molecule has 47 heteroatoms. The van der Waals surface area contributed by atoms with Gasteiger partial charge in [-0.05, 0) is 91.8 Å². The number of nitrogens with one attached hydrogen (secondary N) is 17. The van der Waals surface area contributed by atoms with E-state index in [1.165, 1.54) is 68.8 Å². The summed E-state index contributed by atoms with van der Waals surface area (Å²) in [6, 6.07) is 1.13. The highest BCUT2D eigenvalue weighted by Crippen LogP contribution is 2.25. The molecule has 47 nitrogen and oxygen atoms in total. The van der Waals surface area contributed by atoms with Gasteiger partial charge in [0, 0.05) is 127 Å². The maximum Gasteiger partial charge on any atom is 0.246 e. The number of carbonyl (C=O) groups excluding carboxylic acids is 16. The first-order chi connectivity index (χ1) is 67.5. The van der Waals surface area contributed by atoms with E-state index in [4.69, 9.17) is 32.1 Å². The number of carbonyl (C=O) groups is 16. The fourth-order valence-electron chi connectivity index (χ4n) is 16.6. The topological polar surface area (TPSA) is 699 Å². The van der Waals surface area contributed by atoms with Gasteiger partial charge in [0.2, 0.25) is 94.5 Å². The second kappa shape index (κ2) is 62.0. The van der Waals surface area contributed by atoms with Crippen LogP contribution in [0.5, 0.6) is 0 Å². The Morgan fingerprint density at radius 1 is 0.614 bits per heavy atom. The Morgan fingerprint density at radius 3 is 1.95 bits per heavy atom. The maximum absolute atomic E-state index is 15.3. The standard InChI is InChI=1S/C93H143N27O20/c1-2-3-28-67(84(130)110-70-35-37-79(125)99-38-23-22-30-66(83(95)129)107-88(134)72(49-61-52-102-65-29-21-20-27-64(61)65)111-85(131)68(31-24-39-101-93(96)97)108-87(133)71(48-60-25-16-15-17-26-60)112-90(136)75-51-63(122)55-120(75)92(70)138)105-81(127)56-118-41-43-119(44-42-118)91(137)73(50-62-53-98-59-104-62)113-86(132)69(34-36-76(94)123)109-89(135)74(57-121)106-80(126)54-103-82(128)58-140-47-46-139-45-40-100-78(124)33-19-14-12-10-8-6-4-5-7-9-11-13-18-32-77-114-116-117-115-77/h15-17,20-21,25-27,29,52-53,59,63,66-75,102,121-122H,2-14,18-19,22-24,28,30-51,54-58H2,1H3,(H2,94,123)(H2,95,129)(H,98,104)(H,99,125)(H,100,124)(H,103,128)(H,105,127)(H,106,126)(H,107,134)(H,108,133)(H,109,135)(H,110,130)(H,111,131)(H,112,136)(H,113,132)(H4,96,97,101)(H,114,115,116,117)/t63-,66+,67+,68+,69+,70+,71-,72+,73+,74+,75+/m1/s1. The molecule has 3 aliphatic rings. The van der Waals surface area contributed by atoms with Crippen LogP contribution >= 0.6 is 0 Å². The number of rotatable bonds is 55. The van der Waals surface area contributed by atoms with Crippen molar-refractivity contribution < 1.29 is 96.4 Å². The number of nitrogens with zero attached hydrogens (tertiary/aromatic N) is 7. The molecule has 0 bridgehead atoms. The largest absolute Gasteiger partial charge is 0.394 e. The fourth-order valence-corrected chi connectivity index (χ4v) is 16.6. The highest BCUT2D eigenvalue weighted by molar-refractivity contribution is 6.00. The molecule has 0 aliphatic carbocycles. The Morgan fingerprint density at radius 2 is 1.26 bits per heavy atom. The summed E-state index contributed by atoms with van der Waals surface area (Å²) in [5.74, 6) is -12.0. The van der Waals surface area contributed by atoms with E-state index < -0.39 is 201 Å². The predicted molar refractivity (Wildman–Crippen MR) is 511 cm³/mol.